The van der Waals surface area contributed by atoms with Crippen LogP contribution in [-0.2, 0) is 13.0 Å². The first-order valence-electron chi connectivity index (χ1n) is 9.53. The van der Waals surface area contributed by atoms with Crippen LogP contribution in [0.1, 0.15) is 39.6 Å². The molecule has 1 amide bonds. The SMILES string of the molecule is COc1ccc(CNC(=O)c2nn(-c3ccc(F)cc3F)c3c2C[C@H]2C[C@@H]32)cc1. The third-order valence-corrected chi connectivity index (χ3v) is 5.73. The molecular formula is C22H19F2N3O2. The average Bonchev–Trinajstić information content (AvgIpc) is 3.23. The molecule has 0 bridgehead atoms. The molecule has 2 aliphatic carbocycles. The van der Waals surface area contributed by atoms with Crippen molar-refractivity contribution >= 4 is 5.91 Å². The zero-order valence-corrected chi connectivity index (χ0v) is 15.8. The number of methoxy groups -OCH3 is 1. The van der Waals surface area contributed by atoms with E-state index in [1.165, 1.54) is 16.8 Å². The Kier molecular flexibility index (Phi) is 4.12. The minimum absolute atomic E-state index is 0.171. The Morgan fingerprint density at radius 2 is 2.03 bits per heavy atom. The van der Waals surface area contributed by atoms with E-state index in [9.17, 15) is 13.6 Å². The summed E-state index contributed by atoms with van der Waals surface area (Å²) in [5.74, 6) is -0.0887. The highest BCUT2D eigenvalue weighted by molar-refractivity contribution is 5.94. The molecule has 7 heteroatoms. The van der Waals surface area contributed by atoms with Crippen molar-refractivity contribution in [2.75, 3.05) is 7.11 Å². The van der Waals surface area contributed by atoms with Gasteiger partial charge in [-0.25, -0.2) is 13.5 Å². The number of hydrogen-bond donors (Lipinski definition) is 1. The molecule has 1 aromatic heterocycles. The lowest BCUT2D eigenvalue weighted by molar-refractivity contribution is 0.0944. The van der Waals surface area contributed by atoms with Crippen LogP contribution in [-0.4, -0.2) is 22.8 Å². The average molecular weight is 395 g/mol. The molecule has 1 heterocycles. The number of benzene rings is 2. The molecule has 0 unspecified atom stereocenters. The summed E-state index contributed by atoms with van der Waals surface area (Å²) in [7, 11) is 1.60. The number of hydrogen-bond acceptors (Lipinski definition) is 3. The van der Waals surface area contributed by atoms with Crippen molar-refractivity contribution in [2.24, 2.45) is 5.92 Å². The number of amides is 1. The first kappa shape index (κ1) is 17.8. The number of fused-ring (bicyclic) bond motifs is 3. The number of nitrogens with one attached hydrogen (secondary N) is 1. The van der Waals surface area contributed by atoms with Crippen molar-refractivity contribution in [1.29, 1.82) is 0 Å². The third kappa shape index (κ3) is 3.06. The summed E-state index contributed by atoms with van der Waals surface area (Å²) in [6.07, 6.45) is 1.79. The second-order valence-corrected chi connectivity index (χ2v) is 7.56. The molecular weight excluding hydrogens is 376 g/mol. The van der Waals surface area contributed by atoms with Gasteiger partial charge in [0.15, 0.2) is 11.5 Å². The number of ether oxygens (including phenoxy) is 1. The maximum Gasteiger partial charge on any atom is 0.272 e. The highest BCUT2D eigenvalue weighted by Gasteiger charge is 2.50. The Labute approximate surface area is 166 Å². The lowest BCUT2D eigenvalue weighted by Gasteiger charge is -2.07. The van der Waals surface area contributed by atoms with E-state index in [2.05, 4.69) is 10.4 Å². The fourth-order valence-electron chi connectivity index (χ4n) is 4.14. The summed E-state index contributed by atoms with van der Waals surface area (Å²) >= 11 is 0. The van der Waals surface area contributed by atoms with Gasteiger partial charge in [0, 0.05) is 24.1 Å². The third-order valence-electron chi connectivity index (χ3n) is 5.73. The number of aromatic nitrogens is 2. The van der Waals surface area contributed by atoms with Crippen LogP contribution in [0.4, 0.5) is 8.78 Å². The van der Waals surface area contributed by atoms with Gasteiger partial charge in [0.2, 0.25) is 0 Å². The van der Waals surface area contributed by atoms with Crippen molar-refractivity contribution in [1.82, 2.24) is 15.1 Å². The standard InChI is InChI=1S/C22H19F2N3O2/c1-29-15-5-2-12(3-6-15)11-25-22(28)20-17-9-13-8-16(13)21(17)27(26-20)19-7-4-14(23)10-18(19)24/h2-7,10,13,16H,8-9,11H2,1H3,(H,25,28)/t13-,16-/m1/s1. The van der Waals surface area contributed by atoms with Crippen LogP contribution >= 0.6 is 0 Å². The number of halogens is 2. The zero-order valence-electron chi connectivity index (χ0n) is 15.8. The number of nitrogens with zero attached hydrogens (tertiary/aromatic N) is 2. The van der Waals surface area contributed by atoms with E-state index in [1.807, 2.05) is 24.3 Å². The largest absolute Gasteiger partial charge is 0.497 e. The summed E-state index contributed by atoms with van der Waals surface area (Å²) in [4.78, 5) is 12.8. The van der Waals surface area contributed by atoms with E-state index in [-0.39, 0.29) is 11.6 Å². The van der Waals surface area contributed by atoms with Gasteiger partial charge in [0.25, 0.3) is 5.91 Å². The molecule has 0 spiro atoms. The molecule has 148 valence electrons. The van der Waals surface area contributed by atoms with Gasteiger partial charge in [-0.2, -0.15) is 5.10 Å². The molecule has 0 saturated heterocycles. The van der Waals surface area contributed by atoms with Gasteiger partial charge in [0.05, 0.1) is 12.8 Å². The van der Waals surface area contributed by atoms with Crippen LogP contribution in [0.15, 0.2) is 42.5 Å². The molecule has 5 nitrogen and oxygen atoms in total. The van der Waals surface area contributed by atoms with Crippen LogP contribution in [0.25, 0.3) is 5.69 Å². The minimum atomic E-state index is -0.690. The van der Waals surface area contributed by atoms with Crippen LogP contribution in [0.2, 0.25) is 0 Å². The van der Waals surface area contributed by atoms with E-state index in [0.29, 0.717) is 24.1 Å². The maximum atomic E-state index is 14.4. The van der Waals surface area contributed by atoms with Gasteiger partial charge in [-0.3, -0.25) is 4.79 Å². The smallest absolute Gasteiger partial charge is 0.272 e. The predicted octanol–water partition coefficient (Wildman–Crippen LogP) is 3.75. The van der Waals surface area contributed by atoms with E-state index in [4.69, 9.17) is 4.74 Å². The van der Waals surface area contributed by atoms with E-state index in [1.54, 1.807) is 7.11 Å². The highest BCUT2D eigenvalue weighted by atomic mass is 19.1. The van der Waals surface area contributed by atoms with E-state index < -0.39 is 11.6 Å². The van der Waals surface area contributed by atoms with Gasteiger partial charge in [-0.1, -0.05) is 12.1 Å². The van der Waals surface area contributed by atoms with Crippen LogP contribution < -0.4 is 10.1 Å². The van der Waals surface area contributed by atoms with Crippen molar-refractivity contribution < 1.29 is 18.3 Å². The predicted molar refractivity (Wildman–Crippen MR) is 102 cm³/mol. The van der Waals surface area contributed by atoms with Crippen LogP contribution in [0.3, 0.4) is 0 Å². The highest BCUT2D eigenvalue weighted by Crippen LogP contribution is 2.57. The molecule has 2 aliphatic rings. The van der Waals surface area contributed by atoms with Crippen molar-refractivity contribution in [2.45, 2.75) is 25.3 Å². The van der Waals surface area contributed by atoms with Crippen molar-refractivity contribution in [3.8, 4) is 11.4 Å². The molecule has 5 rings (SSSR count). The lowest BCUT2D eigenvalue weighted by Crippen LogP contribution is -2.24. The fraction of sp³-hybridized carbons (Fsp3) is 0.273. The lowest BCUT2D eigenvalue weighted by atomic mass is 10.1. The van der Waals surface area contributed by atoms with Gasteiger partial charge < -0.3 is 10.1 Å². The Hall–Kier alpha value is -3.22. The Balaban J connectivity index is 1.43. The molecule has 3 aromatic rings. The van der Waals surface area contributed by atoms with Crippen LogP contribution in [0.5, 0.6) is 5.75 Å². The minimum Gasteiger partial charge on any atom is -0.497 e. The molecule has 1 saturated carbocycles. The zero-order chi connectivity index (χ0) is 20.1. The number of carbonyl (C=O) groups is 1. The molecule has 1 fully saturated rings. The fourth-order valence-corrected chi connectivity index (χ4v) is 4.14. The molecule has 0 aliphatic heterocycles. The van der Waals surface area contributed by atoms with E-state index >= 15 is 0 Å². The second-order valence-electron chi connectivity index (χ2n) is 7.56. The summed E-state index contributed by atoms with van der Waals surface area (Å²) in [5, 5.41) is 7.32. The summed E-state index contributed by atoms with van der Waals surface area (Å²) < 4.78 is 34.3. The first-order valence-corrected chi connectivity index (χ1v) is 9.53. The van der Waals surface area contributed by atoms with Crippen molar-refractivity contribution in [3.05, 3.63) is 76.6 Å². The quantitative estimate of drug-likeness (QED) is 0.716. The van der Waals surface area contributed by atoms with Gasteiger partial charge in [-0.05, 0) is 48.6 Å². The summed E-state index contributed by atoms with van der Waals surface area (Å²) in [6, 6.07) is 10.8. The van der Waals surface area contributed by atoms with E-state index in [0.717, 1.165) is 41.5 Å². The van der Waals surface area contributed by atoms with Crippen LogP contribution in [0, 0.1) is 17.6 Å². The van der Waals surface area contributed by atoms with Crippen molar-refractivity contribution in [3.63, 3.8) is 0 Å². The second kappa shape index (κ2) is 6.69. The number of carbonyl (C=O) groups excluding carboxylic acids is 1. The molecule has 2 aromatic carbocycles. The number of rotatable bonds is 5. The maximum absolute atomic E-state index is 14.4. The Morgan fingerprint density at radius 1 is 1.24 bits per heavy atom. The Bertz CT molecular complexity index is 1110. The van der Waals surface area contributed by atoms with Gasteiger partial charge in [0.1, 0.15) is 17.3 Å². The molecule has 2 atom stereocenters. The van der Waals surface area contributed by atoms with Gasteiger partial charge in [-0.15, -0.1) is 0 Å². The normalized spacial score (nSPS) is 18.9. The summed E-state index contributed by atoms with van der Waals surface area (Å²) in [5.41, 5.74) is 3.19. The molecule has 29 heavy (non-hydrogen) atoms. The van der Waals surface area contributed by atoms with Gasteiger partial charge >= 0.3 is 0 Å². The molecule has 1 N–H and O–H groups in total. The first-order chi connectivity index (χ1) is 14.0. The molecule has 0 radical (unpaired) electrons. The Morgan fingerprint density at radius 3 is 2.76 bits per heavy atom. The summed E-state index contributed by atoms with van der Waals surface area (Å²) in [6.45, 7) is 0.349. The monoisotopic (exact) mass is 395 g/mol. The topological polar surface area (TPSA) is 56.1 Å².